The summed E-state index contributed by atoms with van der Waals surface area (Å²) in [4.78, 5) is 0. The Morgan fingerprint density at radius 3 is 1.15 bits per heavy atom. The van der Waals surface area contributed by atoms with Crippen LogP contribution in [0, 0.1) is 11.5 Å². The molecule has 0 spiro atoms. The van der Waals surface area contributed by atoms with Crippen LogP contribution in [0.1, 0.15) is 187 Å². The van der Waals surface area contributed by atoms with Crippen molar-refractivity contribution >= 4 is 8.07 Å². The molecule has 0 rings (SSSR count). The normalized spacial score (nSPS) is 12.8. The maximum Gasteiger partial charge on any atom is 0.129 e. The molecule has 2 heteroatoms. The van der Waals surface area contributed by atoms with Crippen molar-refractivity contribution in [3.05, 3.63) is 24.3 Å². The van der Waals surface area contributed by atoms with Gasteiger partial charge in [0, 0.05) is 0 Å². The molecule has 1 N–H and O–H groups in total. The van der Waals surface area contributed by atoms with Crippen molar-refractivity contribution in [3.63, 3.8) is 0 Å². The number of allylic oxidation sites excluding steroid dienone is 4. The van der Waals surface area contributed by atoms with E-state index in [1.807, 2.05) is 0 Å². The zero-order valence-corrected chi connectivity index (χ0v) is 29.6. The molecule has 0 amide bonds. The van der Waals surface area contributed by atoms with Crippen LogP contribution in [-0.4, -0.2) is 19.3 Å². The molecule has 1 atom stereocenters. The molecule has 1 unspecified atom stereocenters. The number of hydrogen-bond donors (Lipinski definition) is 1. The van der Waals surface area contributed by atoms with Crippen LogP contribution in [0.5, 0.6) is 0 Å². The van der Waals surface area contributed by atoms with Crippen molar-refractivity contribution in [2.45, 2.75) is 212 Å². The van der Waals surface area contributed by atoms with E-state index in [9.17, 15) is 5.11 Å². The summed E-state index contributed by atoms with van der Waals surface area (Å²) >= 11 is 0. The van der Waals surface area contributed by atoms with Gasteiger partial charge in [0.15, 0.2) is 0 Å². The Kier molecular flexibility index (Phi) is 31.5. The maximum atomic E-state index is 9.96. The maximum absolute atomic E-state index is 9.96. The van der Waals surface area contributed by atoms with Crippen molar-refractivity contribution in [1.82, 2.24) is 0 Å². The summed E-state index contributed by atoms with van der Waals surface area (Å²) in [5, 5.41) is 9.96. The van der Waals surface area contributed by atoms with Gasteiger partial charge in [0.05, 0.1) is 0 Å². The fourth-order valence-corrected chi connectivity index (χ4v) is 5.93. The zero-order valence-electron chi connectivity index (χ0n) is 28.6. The van der Waals surface area contributed by atoms with Gasteiger partial charge in [-0.15, -0.1) is 5.54 Å². The van der Waals surface area contributed by atoms with Crippen molar-refractivity contribution in [3.8, 4) is 11.5 Å². The van der Waals surface area contributed by atoms with Gasteiger partial charge in [-0.25, -0.2) is 0 Å². The molecule has 0 bridgehead atoms. The van der Waals surface area contributed by atoms with Crippen LogP contribution in [0.25, 0.3) is 0 Å². The van der Waals surface area contributed by atoms with E-state index in [-0.39, 0.29) is 0 Å². The molecule has 0 saturated carbocycles. The Labute approximate surface area is 260 Å². The Morgan fingerprint density at radius 1 is 0.463 bits per heavy atom. The summed E-state index contributed by atoms with van der Waals surface area (Å²) in [6.07, 6.45) is 47.1. The number of rotatable bonds is 30. The molecule has 0 aromatic heterocycles. The lowest BCUT2D eigenvalue weighted by Gasteiger charge is -2.07. The molecule has 0 aliphatic carbocycles. The van der Waals surface area contributed by atoms with E-state index >= 15 is 0 Å². The summed E-state index contributed by atoms with van der Waals surface area (Å²) in [5.41, 5.74) is 3.28. The Hall–Kier alpha value is -0.783. The molecule has 0 aromatic carbocycles. The van der Waals surface area contributed by atoms with Crippen molar-refractivity contribution in [2.24, 2.45) is 0 Å². The van der Waals surface area contributed by atoms with Gasteiger partial charge in [0.25, 0.3) is 0 Å². The highest BCUT2D eigenvalue weighted by Crippen LogP contribution is 2.14. The number of aliphatic hydroxyl groups is 1. The lowest BCUT2D eigenvalue weighted by atomic mass is 10.0. The van der Waals surface area contributed by atoms with Crippen molar-refractivity contribution < 1.29 is 5.11 Å². The third-order valence-electron chi connectivity index (χ3n) is 8.02. The van der Waals surface area contributed by atoms with Gasteiger partial charge in [0.1, 0.15) is 14.2 Å². The first-order chi connectivity index (χ1) is 20.0. The second-order valence-corrected chi connectivity index (χ2v) is 18.4. The minimum Gasteiger partial charge on any atom is -0.380 e. The fraction of sp³-hybridized carbons (Fsp3) is 0.846. The molecule has 0 aromatic rings. The summed E-state index contributed by atoms with van der Waals surface area (Å²) in [7, 11) is -1.35. The van der Waals surface area contributed by atoms with Gasteiger partial charge in [-0.1, -0.05) is 185 Å². The van der Waals surface area contributed by atoms with Gasteiger partial charge in [-0.05, 0) is 51.4 Å². The molecular weight excluding hydrogens is 513 g/mol. The minimum atomic E-state index is -1.35. The first-order valence-electron chi connectivity index (χ1n) is 18.5. The van der Waals surface area contributed by atoms with E-state index in [0.717, 1.165) is 12.8 Å². The molecule has 0 aliphatic rings. The molecule has 240 valence electrons. The lowest BCUT2D eigenvalue weighted by molar-refractivity contribution is 0.217. The van der Waals surface area contributed by atoms with Crippen LogP contribution in [0.4, 0.5) is 0 Å². The summed E-state index contributed by atoms with van der Waals surface area (Å²) in [5.74, 6) is 3.06. The van der Waals surface area contributed by atoms with E-state index in [1.54, 1.807) is 0 Å². The molecular formula is C39H74OSi. The van der Waals surface area contributed by atoms with Gasteiger partial charge in [-0.2, -0.15) is 0 Å². The van der Waals surface area contributed by atoms with Crippen LogP contribution in [0.15, 0.2) is 24.3 Å². The van der Waals surface area contributed by atoms with E-state index in [2.05, 4.69) is 62.3 Å². The first kappa shape index (κ1) is 40.2. The smallest absolute Gasteiger partial charge is 0.129 e. The third kappa shape index (κ3) is 37.2. The number of aliphatic hydroxyl groups excluding tert-OH is 1. The van der Waals surface area contributed by atoms with E-state index < -0.39 is 14.2 Å². The molecule has 41 heavy (non-hydrogen) atoms. The Bertz CT molecular complexity index is 632. The third-order valence-corrected chi connectivity index (χ3v) is 8.91. The Balaban J connectivity index is 3.25. The predicted octanol–water partition coefficient (Wildman–Crippen LogP) is 13.3. The topological polar surface area (TPSA) is 20.2 Å². The molecule has 0 aliphatic heterocycles. The summed E-state index contributed by atoms with van der Waals surface area (Å²) < 4.78 is 0. The van der Waals surface area contributed by atoms with Crippen molar-refractivity contribution in [1.29, 1.82) is 0 Å². The van der Waals surface area contributed by atoms with E-state index in [1.165, 1.54) is 167 Å². The molecule has 0 heterocycles. The Morgan fingerprint density at radius 2 is 0.780 bits per heavy atom. The summed E-state index contributed by atoms with van der Waals surface area (Å²) in [6, 6.07) is 0. The van der Waals surface area contributed by atoms with Gasteiger partial charge < -0.3 is 5.11 Å². The van der Waals surface area contributed by atoms with Crippen LogP contribution in [0.3, 0.4) is 0 Å². The molecule has 0 saturated heterocycles. The van der Waals surface area contributed by atoms with E-state index in [4.69, 9.17) is 0 Å². The van der Waals surface area contributed by atoms with Gasteiger partial charge in [0.2, 0.25) is 0 Å². The zero-order chi connectivity index (χ0) is 30.1. The monoisotopic (exact) mass is 587 g/mol. The predicted molar refractivity (Wildman–Crippen MR) is 190 cm³/mol. The molecule has 0 radical (unpaired) electrons. The largest absolute Gasteiger partial charge is 0.380 e. The van der Waals surface area contributed by atoms with Crippen LogP contribution < -0.4 is 0 Å². The highest BCUT2D eigenvalue weighted by molar-refractivity contribution is 6.83. The second-order valence-electron chi connectivity index (χ2n) is 13.7. The molecule has 0 fully saturated rings. The SMILES string of the molecule is CCCCCCCCCCCCCCCC/C=C\CC/C=C\CCCCCCCCCCCC(O)C#C[Si](C)(C)C. The fourth-order valence-electron chi connectivity index (χ4n) is 5.33. The van der Waals surface area contributed by atoms with Crippen LogP contribution in [0.2, 0.25) is 19.6 Å². The number of unbranched alkanes of at least 4 members (excludes halogenated alkanes) is 24. The van der Waals surface area contributed by atoms with Gasteiger partial charge >= 0.3 is 0 Å². The van der Waals surface area contributed by atoms with Crippen molar-refractivity contribution in [2.75, 3.05) is 0 Å². The lowest BCUT2D eigenvalue weighted by Crippen LogP contribution is -2.17. The van der Waals surface area contributed by atoms with E-state index in [0.29, 0.717) is 0 Å². The average Bonchev–Trinajstić information content (AvgIpc) is 2.94. The number of hydrogen-bond acceptors (Lipinski definition) is 1. The van der Waals surface area contributed by atoms with Crippen LogP contribution in [-0.2, 0) is 0 Å². The quantitative estimate of drug-likeness (QED) is 0.0384. The molecule has 1 nitrogen and oxygen atoms in total. The summed E-state index contributed by atoms with van der Waals surface area (Å²) in [6.45, 7) is 8.98. The first-order valence-corrected chi connectivity index (χ1v) is 22.0. The highest BCUT2D eigenvalue weighted by atomic mass is 28.3. The highest BCUT2D eigenvalue weighted by Gasteiger charge is 2.08. The standard InChI is InChI=1S/C39H74OSi/c1-5-6-7-8-9-10-11-12-13-14-15-16-17-18-19-20-21-22-23-24-25-26-27-28-29-30-31-32-33-34-35-36-39(40)37-38-41(2,3)4/h20-21,24-25,39-40H,5-19,22-23,26-36H2,1-4H3/b21-20-,25-24-. The van der Waals surface area contributed by atoms with Crippen LogP contribution >= 0.6 is 0 Å². The van der Waals surface area contributed by atoms with Gasteiger partial charge in [-0.3, -0.25) is 0 Å². The average molecular weight is 587 g/mol. The minimum absolute atomic E-state index is 0.407. The second kappa shape index (κ2) is 32.1.